The standard InChI is InChI=1S/C16H19BrN4O/c1-3-4-9-21(2)15-11-18-14(10-19-15)16(22)20-13-8-6-5-7-12(13)17/h5-8,10-11H,3-4,9H2,1-2H3,(H,20,22). The number of carbonyl (C=O) groups excluding carboxylic acids is 1. The lowest BCUT2D eigenvalue weighted by atomic mass is 10.3. The van der Waals surface area contributed by atoms with Crippen LogP contribution in [0.15, 0.2) is 41.1 Å². The molecule has 6 heteroatoms. The van der Waals surface area contributed by atoms with E-state index in [4.69, 9.17) is 0 Å². The largest absolute Gasteiger partial charge is 0.358 e. The van der Waals surface area contributed by atoms with Crippen molar-refractivity contribution in [1.82, 2.24) is 9.97 Å². The number of carbonyl (C=O) groups is 1. The lowest BCUT2D eigenvalue weighted by Gasteiger charge is -2.17. The molecule has 0 atom stereocenters. The maximum atomic E-state index is 12.2. The normalized spacial score (nSPS) is 10.3. The van der Waals surface area contributed by atoms with Crippen LogP contribution >= 0.6 is 15.9 Å². The number of anilines is 2. The molecule has 0 aliphatic heterocycles. The van der Waals surface area contributed by atoms with Crippen LogP contribution in [0.4, 0.5) is 11.5 Å². The minimum Gasteiger partial charge on any atom is -0.358 e. The first-order valence-electron chi connectivity index (χ1n) is 7.21. The second-order valence-electron chi connectivity index (χ2n) is 4.97. The first kappa shape index (κ1) is 16.4. The molecular weight excluding hydrogens is 344 g/mol. The Morgan fingerprint density at radius 1 is 1.27 bits per heavy atom. The third-order valence-corrected chi connectivity index (χ3v) is 3.92. The first-order valence-corrected chi connectivity index (χ1v) is 8.00. The van der Waals surface area contributed by atoms with Crippen LogP contribution in [0.3, 0.4) is 0 Å². The highest BCUT2D eigenvalue weighted by Gasteiger charge is 2.11. The Labute approximate surface area is 138 Å². The maximum absolute atomic E-state index is 12.2. The van der Waals surface area contributed by atoms with Crippen LogP contribution < -0.4 is 10.2 Å². The van der Waals surface area contributed by atoms with Crippen molar-refractivity contribution in [2.24, 2.45) is 0 Å². The quantitative estimate of drug-likeness (QED) is 0.850. The number of unbranched alkanes of at least 4 members (excludes halogenated alkanes) is 1. The monoisotopic (exact) mass is 362 g/mol. The third-order valence-electron chi connectivity index (χ3n) is 3.23. The molecule has 2 aromatic rings. The average molecular weight is 363 g/mol. The van der Waals surface area contributed by atoms with Crippen molar-refractivity contribution in [3.05, 3.63) is 46.8 Å². The van der Waals surface area contributed by atoms with Crippen molar-refractivity contribution < 1.29 is 4.79 Å². The van der Waals surface area contributed by atoms with E-state index < -0.39 is 0 Å². The van der Waals surface area contributed by atoms with Gasteiger partial charge in [-0.25, -0.2) is 9.97 Å². The van der Waals surface area contributed by atoms with Gasteiger partial charge >= 0.3 is 0 Å². The van der Waals surface area contributed by atoms with E-state index in [1.54, 1.807) is 6.20 Å². The van der Waals surface area contributed by atoms with Crippen molar-refractivity contribution in [2.75, 3.05) is 23.8 Å². The molecule has 1 aromatic heterocycles. The predicted molar refractivity (Wildman–Crippen MR) is 92.3 cm³/mol. The molecule has 0 unspecified atom stereocenters. The lowest BCUT2D eigenvalue weighted by Crippen LogP contribution is -2.21. The highest BCUT2D eigenvalue weighted by Crippen LogP contribution is 2.21. The van der Waals surface area contributed by atoms with Crippen LogP contribution in [0.5, 0.6) is 0 Å². The molecule has 116 valence electrons. The van der Waals surface area contributed by atoms with Gasteiger partial charge in [0, 0.05) is 18.1 Å². The van der Waals surface area contributed by atoms with Crippen LogP contribution in [0.25, 0.3) is 0 Å². The number of nitrogens with one attached hydrogen (secondary N) is 1. The molecule has 0 bridgehead atoms. The molecule has 1 aromatic carbocycles. The molecule has 0 aliphatic carbocycles. The molecule has 0 saturated heterocycles. The van der Waals surface area contributed by atoms with Gasteiger partial charge in [-0.1, -0.05) is 25.5 Å². The van der Waals surface area contributed by atoms with Gasteiger partial charge in [-0.3, -0.25) is 4.79 Å². The van der Waals surface area contributed by atoms with E-state index in [1.165, 1.54) is 6.20 Å². The van der Waals surface area contributed by atoms with Gasteiger partial charge in [0.25, 0.3) is 5.91 Å². The number of aromatic nitrogens is 2. The minimum absolute atomic E-state index is 0.276. The number of rotatable bonds is 6. The van der Waals surface area contributed by atoms with Gasteiger partial charge in [0.2, 0.25) is 0 Å². The van der Waals surface area contributed by atoms with Gasteiger partial charge in [-0.15, -0.1) is 0 Å². The lowest BCUT2D eigenvalue weighted by molar-refractivity contribution is 0.102. The molecule has 1 heterocycles. The molecule has 0 saturated carbocycles. The fraction of sp³-hybridized carbons (Fsp3) is 0.312. The summed E-state index contributed by atoms with van der Waals surface area (Å²) in [6.45, 7) is 3.07. The van der Waals surface area contributed by atoms with Gasteiger partial charge in [0.15, 0.2) is 0 Å². The summed E-state index contributed by atoms with van der Waals surface area (Å²) in [5.74, 6) is 0.494. The minimum atomic E-state index is -0.276. The number of benzene rings is 1. The van der Waals surface area contributed by atoms with Crippen LogP contribution in [-0.4, -0.2) is 29.5 Å². The van der Waals surface area contributed by atoms with Crippen LogP contribution in [-0.2, 0) is 0 Å². The van der Waals surface area contributed by atoms with Crippen molar-refractivity contribution >= 4 is 33.3 Å². The zero-order valence-electron chi connectivity index (χ0n) is 12.7. The molecule has 0 aliphatic rings. The highest BCUT2D eigenvalue weighted by molar-refractivity contribution is 9.10. The number of amides is 1. The second kappa shape index (κ2) is 7.89. The molecule has 5 nitrogen and oxygen atoms in total. The summed E-state index contributed by atoms with van der Waals surface area (Å²) in [5.41, 5.74) is 1.00. The summed E-state index contributed by atoms with van der Waals surface area (Å²) < 4.78 is 0.826. The van der Waals surface area contributed by atoms with Crippen molar-refractivity contribution in [2.45, 2.75) is 19.8 Å². The maximum Gasteiger partial charge on any atom is 0.275 e. The van der Waals surface area contributed by atoms with Gasteiger partial charge in [0.1, 0.15) is 11.5 Å². The Morgan fingerprint density at radius 3 is 2.68 bits per heavy atom. The van der Waals surface area contributed by atoms with Crippen molar-refractivity contribution in [1.29, 1.82) is 0 Å². The van der Waals surface area contributed by atoms with E-state index in [-0.39, 0.29) is 5.91 Å². The second-order valence-corrected chi connectivity index (χ2v) is 5.82. The summed E-state index contributed by atoms with van der Waals surface area (Å²) >= 11 is 3.39. The smallest absolute Gasteiger partial charge is 0.275 e. The van der Waals surface area contributed by atoms with E-state index in [9.17, 15) is 4.79 Å². The van der Waals surface area contributed by atoms with E-state index in [0.29, 0.717) is 11.4 Å². The number of nitrogens with zero attached hydrogens (tertiary/aromatic N) is 3. The first-order chi connectivity index (χ1) is 10.6. The molecule has 0 fully saturated rings. The number of para-hydroxylation sites is 1. The van der Waals surface area contributed by atoms with Crippen LogP contribution in [0.1, 0.15) is 30.3 Å². The summed E-state index contributed by atoms with van der Waals surface area (Å²) in [4.78, 5) is 22.7. The van der Waals surface area contributed by atoms with Crippen LogP contribution in [0.2, 0.25) is 0 Å². The third kappa shape index (κ3) is 4.27. The average Bonchev–Trinajstić information content (AvgIpc) is 2.55. The molecule has 1 N–H and O–H groups in total. The van der Waals surface area contributed by atoms with Crippen LogP contribution in [0, 0.1) is 0 Å². The topological polar surface area (TPSA) is 58.1 Å². The van der Waals surface area contributed by atoms with E-state index in [0.717, 1.165) is 29.7 Å². The molecule has 1 amide bonds. The molecule has 22 heavy (non-hydrogen) atoms. The van der Waals surface area contributed by atoms with E-state index >= 15 is 0 Å². The Hall–Kier alpha value is -1.95. The number of hydrogen-bond donors (Lipinski definition) is 1. The summed E-state index contributed by atoms with van der Waals surface area (Å²) in [7, 11) is 1.97. The van der Waals surface area contributed by atoms with Crippen molar-refractivity contribution in [3.8, 4) is 0 Å². The Balaban J connectivity index is 2.04. The van der Waals surface area contributed by atoms with Gasteiger partial charge in [-0.2, -0.15) is 0 Å². The molecule has 0 spiro atoms. The number of halogens is 1. The zero-order chi connectivity index (χ0) is 15.9. The molecule has 2 rings (SSSR count). The van der Waals surface area contributed by atoms with E-state index in [2.05, 4.69) is 38.1 Å². The van der Waals surface area contributed by atoms with Gasteiger partial charge in [-0.05, 0) is 34.5 Å². The summed E-state index contributed by atoms with van der Waals surface area (Å²) in [5, 5.41) is 2.81. The Kier molecular flexibility index (Phi) is 5.89. The van der Waals surface area contributed by atoms with E-state index in [1.807, 2.05) is 36.2 Å². The molecular formula is C16H19BrN4O. The fourth-order valence-electron chi connectivity index (χ4n) is 1.89. The number of hydrogen-bond acceptors (Lipinski definition) is 4. The summed E-state index contributed by atoms with van der Waals surface area (Å²) in [6, 6.07) is 7.44. The summed E-state index contributed by atoms with van der Waals surface area (Å²) in [6.07, 6.45) is 5.36. The predicted octanol–water partition coefficient (Wildman–Crippen LogP) is 3.73. The Bertz CT molecular complexity index is 630. The molecule has 0 radical (unpaired) electrons. The van der Waals surface area contributed by atoms with Gasteiger partial charge < -0.3 is 10.2 Å². The zero-order valence-corrected chi connectivity index (χ0v) is 14.3. The Morgan fingerprint density at radius 2 is 2.05 bits per heavy atom. The fourth-order valence-corrected chi connectivity index (χ4v) is 2.28. The SMILES string of the molecule is CCCCN(C)c1cnc(C(=O)Nc2ccccc2Br)cn1. The van der Waals surface area contributed by atoms with Crippen molar-refractivity contribution in [3.63, 3.8) is 0 Å². The van der Waals surface area contributed by atoms with Gasteiger partial charge in [0.05, 0.1) is 18.1 Å². The highest BCUT2D eigenvalue weighted by atomic mass is 79.9.